The first-order valence-electron chi connectivity index (χ1n) is 8.62. The van der Waals surface area contributed by atoms with E-state index < -0.39 is 0 Å². The lowest BCUT2D eigenvalue weighted by Crippen LogP contribution is -2.40. The van der Waals surface area contributed by atoms with Gasteiger partial charge in [-0.3, -0.25) is 4.79 Å². The first-order chi connectivity index (χ1) is 11.6. The number of carbonyl (C=O) groups excluding carboxylic acids is 1. The summed E-state index contributed by atoms with van der Waals surface area (Å²) >= 11 is 1.43. The monoisotopic (exact) mass is 347 g/mol. The third-order valence-electron chi connectivity index (χ3n) is 4.53. The number of amides is 1. The van der Waals surface area contributed by atoms with E-state index in [1.807, 2.05) is 30.9 Å². The van der Waals surface area contributed by atoms with Crippen LogP contribution in [0.4, 0.5) is 0 Å². The van der Waals surface area contributed by atoms with Crippen LogP contribution in [0.2, 0.25) is 0 Å². The molecule has 6 heteroatoms. The average molecular weight is 347 g/mol. The molecule has 0 atom stereocenters. The predicted octanol–water partition coefficient (Wildman–Crippen LogP) is 3.48. The minimum atomic E-state index is 0.112. The molecule has 2 aromatic rings. The van der Waals surface area contributed by atoms with E-state index >= 15 is 0 Å². The van der Waals surface area contributed by atoms with Crippen molar-refractivity contribution in [2.75, 3.05) is 26.2 Å². The zero-order chi connectivity index (χ0) is 17.1. The lowest BCUT2D eigenvalue weighted by atomic mass is 9.96. The second-order valence-corrected chi connectivity index (χ2v) is 7.39. The highest BCUT2D eigenvalue weighted by molar-refractivity contribution is 7.17. The highest BCUT2D eigenvalue weighted by Gasteiger charge is 2.26. The first-order valence-corrected chi connectivity index (χ1v) is 9.44. The van der Waals surface area contributed by atoms with Crippen LogP contribution in [0.1, 0.15) is 40.9 Å². The molecule has 0 aromatic carbocycles. The number of thiazole rings is 1. The van der Waals surface area contributed by atoms with Crippen LogP contribution in [0, 0.1) is 19.8 Å². The van der Waals surface area contributed by atoms with Gasteiger partial charge in [0.2, 0.25) is 0 Å². The molecule has 0 aliphatic carbocycles. The number of rotatable bonds is 5. The molecule has 1 amide bonds. The molecular weight excluding hydrogens is 322 g/mol. The summed E-state index contributed by atoms with van der Waals surface area (Å²) in [6.45, 7) is 9.68. The molecule has 130 valence electrons. The van der Waals surface area contributed by atoms with Crippen LogP contribution >= 0.6 is 11.3 Å². The Morgan fingerprint density at radius 2 is 2.12 bits per heavy atom. The molecule has 2 aromatic heterocycles. The van der Waals surface area contributed by atoms with Crippen molar-refractivity contribution >= 4 is 17.2 Å². The predicted molar refractivity (Wildman–Crippen MR) is 96.5 cm³/mol. The summed E-state index contributed by atoms with van der Waals surface area (Å²) in [5, 5.41) is 4.19. The summed E-state index contributed by atoms with van der Waals surface area (Å²) in [5.41, 5.74) is 0.795. The van der Waals surface area contributed by atoms with E-state index in [0.717, 1.165) is 66.1 Å². The fourth-order valence-electron chi connectivity index (χ4n) is 3.08. The molecule has 1 N–H and O–H groups in total. The molecule has 1 aliphatic rings. The van der Waals surface area contributed by atoms with E-state index in [4.69, 9.17) is 4.42 Å². The minimum absolute atomic E-state index is 0.112. The Morgan fingerprint density at radius 3 is 2.75 bits per heavy atom. The lowest BCUT2D eigenvalue weighted by molar-refractivity contribution is 0.0694. The van der Waals surface area contributed by atoms with E-state index in [9.17, 15) is 4.79 Å². The van der Waals surface area contributed by atoms with E-state index in [-0.39, 0.29) is 5.91 Å². The Hall–Kier alpha value is -1.66. The summed E-state index contributed by atoms with van der Waals surface area (Å²) < 4.78 is 5.63. The molecule has 0 spiro atoms. The van der Waals surface area contributed by atoms with Crippen molar-refractivity contribution in [3.8, 4) is 10.8 Å². The lowest BCUT2D eigenvalue weighted by Gasteiger charge is -2.31. The second-order valence-electron chi connectivity index (χ2n) is 6.39. The average Bonchev–Trinajstić information content (AvgIpc) is 3.18. The number of nitrogens with one attached hydrogen (secondary N) is 1. The van der Waals surface area contributed by atoms with Crippen molar-refractivity contribution in [1.29, 1.82) is 0 Å². The molecule has 0 unspecified atom stereocenters. The van der Waals surface area contributed by atoms with Gasteiger partial charge in [0.1, 0.15) is 10.6 Å². The highest BCUT2D eigenvalue weighted by Crippen LogP contribution is 2.30. The summed E-state index contributed by atoms with van der Waals surface area (Å²) in [7, 11) is 0. The van der Waals surface area contributed by atoms with Crippen molar-refractivity contribution in [3.63, 3.8) is 0 Å². The molecule has 5 nitrogen and oxygen atoms in total. The number of aromatic nitrogens is 1. The van der Waals surface area contributed by atoms with Gasteiger partial charge in [0.25, 0.3) is 5.91 Å². The van der Waals surface area contributed by atoms with E-state index in [0.29, 0.717) is 5.92 Å². The number of hydrogen-bond donors (Lipinski definition) is 1. The number of aryl methyl sites for hydroxylation is 2. The Labute approximate surface area is 147 Å². The van der Waals surface area contributed by atoms with Crippen LogP contribution in [0.25, 0.3) is 10.8 Å². The van der Waals surface area contributed by atoms with Crippen molar-refractivity contribution < 1.29 is 9.21 Å². The van der Waals surface area contributed by atoms with Crippen LogP contribution < -0.4 is 5.32 Å². The maximum absolute atomic E-state index is 12.8. The van der Waals surface area contributed by atoms with Crippen LogP contribution in [0.3, 0.4) is 0 Å². The molecule has 0 bridgehead atoms. The molecule has 3 rings (SSSR count). The molecule has 24 heavy (non-hydrogen) atoms. The summed E-state index contributed by atoms with van der Waals surface area (Å²) in [4.78, 5) is 20.1. The zero-order valence-corrected chi connectivity index (χ0v) is 15.4. The maximum Gasteiger partial charge on any atom is 0.265 e. The van der Waals surface area contributed by atoms with Gasteiger partial charge in [0, 0.05) is 13.1 Å². The van der Waals surface area contributed by atoms with Gasteiger partial charge in [-0.2, -0.15) is 0 Å². The number of piperidine rings is 1. The van der Waals surface area contributed by atoms with Crippen molar-refractivity contribution in [1.82, 2.24) is 15.2 Å². The smallest absolute Gasteiger partial charge is 0.265 e. The molecule has 3 heterocycles. The molecular formula is C18H25N3O2S. The normalized spacial score (nSPS) is 15.9. The fourth-order valence-corrected chi connectivity index (χ4v) is 4.08. The number of nitrogens with zero attached hydrogens (tertiary/aromatic N) is 2. The summed E-state index contributed by atoms with van der Waals surface area (Å²) in [6.07, 6.45) is 2.14. The van der Waals surface area contributed by atoms with Gasteiger partial charge in [-0.05, 0) is 57.8 Å². The van der Waals surface area contributed by atoms with Crippen LogP contribution in [-0.4, -0.2) is 42.0 Å². The topological polar surface area (TPSA) is 58.4 Å². The van der Waals surface area contributed by atoms with E-state index in [1.165, 1.54) is 11.3 Å². The van der Waals surface area contributed by atoms with Gasteiger partial charge in [-0.25, -0.2) is 4.98 Å². The number of likely N-dealkylation sites (tertiary alicyclic amines) is 1. The van der Waals surface area contributed by atoms with E-state index in [2.05, 4.69) is 17.2 Å². The third kappa shape index (κ3) is 3.70. The van der Waals surface area contributed by atoms with Crippen LogP contribution in [-0.2, 0) is 0 Å². The van der Waals surface area contributed by atoms with Crippen LogP contribution in [0.15, 0.2) is 16.5 Å². The van der Waals surface area contributed by atoms with Gasteiger partial charge in [-0.15, -0.1) is 11.3 Å². The summed E-state index contributed by atoms with van der Waals surface area (Å²) in [5.74, 6) is 2.39. The quantitative estimate of drug-likeness (QED) is 0.899. The Morgan fingerprint density at radius 1 is 1.38 bits per heavy atom. The Balaban J connectivity index is 1.67. The summed E-state index contributed by atoms with van der Waals surface area (Å²) in [6, 6.07) is 3.83. The van der Waals surface area contributed by atoms with Gasteiger partial charge in [0.05, 0.1) is 5.69 Å². The zero-order valence-electron chi connectivity index (χ0n) is 14.6. The SMILES string of the molecule is CCNCC1CCN(C(=O)c2sc(-c3ccc(C)o3)nc2C)CC1. The molecule has 0 radical (unpaired) electrons. The van der Waals surface area contributed by atoms with Crippen LogP contribution in [0.5, 0.6) is 0 Å². The van der Waals surface area contributed by atoms with Crippen molar-refractivity contribution in [2.24, 2.45) is 5.92 Å². The number of carbonyl (C=O) groups is 1. The number of hydrogen-bond acceptors (Lipinski definition) is 5. The van der Waals surface area contributed by atoms with Gasteiger partial charge < -0.3 is 14.6 Å². The second kappa shape index (κ2) is 7.49. The largest absolute Gasteiger partial charge is 0.459 e. The third-order valence-corrected chi connectivity index (χ3v) is 5.69. The Kier molecular flexibility index (Phi) is 5.36. The van der Waals surface area contributed by atoms with E-state index in [1.54, 1.807) is 0 Å². The first kappa shape index (κ1) is 17.2. The number of furan rings is 1. The standard InChI is InChI=1S/C18H25N3O2S/c1-4-19-11-14-7-9-21(10-8-14)18(22)16-13(3)20-17(24-16)15-6-5-12(2)23-15/h5-6,14,19H,4,7-11H2,1-3H3. The van der Waals surface area contributed by atoms with Gasteiger partial charge >= 0.3 is 0 Å². The Bertz CT molecular complexity index is 699. The maximum atomic E-state index is 12.8. The molecule has 1 aliphatic heterocycles. The van der Waals surface area contributed by atoms with Crippen molar-refractivity contribution in [3.05, 3.63) is 28.5 Å². The minimum Gasteiger partial charge on any atom is -0.459 e. The fraction of sp³-hybridized carbons (Fsp3) is 0.556. The van der Waals surface area contributed by atoms with Gasteiger partial charge in [0.15, 0.2) is 10.8 Å². The molecule has 1 saturated heterocycles. The van der Waals surface area contributed by atoms with Crippen molar-refractivity contribution in [2.45, 2.75) is 33.6 Å². The van der Waals surface area contributed by atoms with Gasteiger partial charge in [-0.1, -0.05) is 6.92 Å². The molecule has 0 saturated carbocycles. The highest BCUT2D eigenvalue weighted by atomic mass is 32.1. The molecule has 1 fully saturated rings.